The number of pyridine rings is 1. The Balaban J connectivity index is 2.39. The largest absolute Gasteiger partial charge is 0.389 e. The van der Waals surface area contributed by atoms with Crippen LogP contribution < -0.4 is 0 Å². The zero-order chi connectivity index (χ0) is 9.97. The van der Waals surface area contributed by atoms with E-state index in [9.17, 15) is 0 Å². The van der Waals surface area contributed by atoms with Crippen molar-refractivity contribution in [3.63, 3.8) is 0 Å². The molecule has 4 nitrogen and oxygen atoms in total. The van der Waals surface area contributed by atoms with Gasteiger partial charge in [0, 0.05) is 6.20 Å². The highest BCUT2D eigenvalue weighted by Gasteiger charge is 2.06. The lowest BCUT2D eigenvalue weighted by molar-refractivity contribution is 0.280. The van der Waals surface area contributed by atoms with Crippen molar-refractivity contribution in [1.82, 2.24) is 15.2 Å². The van der Waals surface area contributed by atoms with Gasteiger partial charge in [-0.15, -0.1) is 10.2 Å². The molecule has 2 heterocycles. The number of rotatable bonds is 2. The third kappa shape index (κ3) is 1.78. The van der Waals surface area contributed by atoms with Gasteiger partial charge in [-0.3, -0.25) is 4.98 Å². The summed E-state index contributed by atoms with van der Waals surface area (Å²) < 4.78 is 0. The van der Waals surface area contributed by atoms with Gasteiger partial charge in [0.15, 0.2) is 5.01 Å². The van der Waals surface area contributed by atoms with E-state index in [0.717, 1.165) is 16.3 Å². The Morgan fingerprint density at radius 1 is 1.43 bits per heavy atom. The molecular weight excluding hydrogens is 198 g/mol. The zero-order valence-corrected chi connectivity index (χ0v) is 8.45. The Labute approximate surface area is 85.3 Å². The number of aliphatic hydroxyl groups excluding tert-OH is 1. The van der Waals surface area contributed by atoms with Gasteiger partial charge in [0.1, 0.15) is 10.7 Å². The molecule has 0 aromatic carbocycles. The Morgan fingerprint density at radius 2 is 2.29 bits per heavy atom. The van der Waals surface area contributed by atoms with Crippen LogP contribution in [-0.4, -0.2) is 20.3 Å². The summed E-state index contributed by atoms with van der Waals surface area (Å²) in [6.45, 7) is 1.93. The molecule has 0 fully saturated rings. The van der Waals surface area contributed by atoms with Crippen LogP contribution in [-0.2, 0) is 6.61 Å². The van der Waals surface area contributed by atoms with Crippen molar-refractivity contribution < 1.29 is 5.11 Å². The van der Waals surface area contributed by atoms with Crippen LogP contribution in [0.15, 0.2) is 18.3 Å². The summed E-state index contributed by atoms with van der Waals surface area (Å²) in [6, 6.07) is 3.87. The minimum absolute atomic E-state index is 0.0660. The maximum absolute atomic E-state index is 8.84. The number of aryl methyl sites for hydroxylation is 1. The predicted octanol–water partition coefficient (Wildman–Crippen LogP) is 1.40. The first-order valence-corrected chi connectivity index (χ1v) is 4.97. The summed E-state index contributed by atoms with van der Waals surface area (Å²) >= 11 is 1.36. The Kier molecular flexibility index (Phi) is 2.51. The van der Waals surface area contributed by atoms with Crippen LogP contribution in [0.3, 0.4) is 0 Å². The van der Waals surface area contributed by atoms with Gasteiger partial charge in [-0.2, -0.15) is 0 Å². The normalized spacial score (nSPS) is 10.4. The van der Waals surface area contributed by atoms with Gasteiger partial charge in [0.2, 0.25) is 0 Å². The minimum atomic E-state index is -0.0660. The van der Waals surface area contributed by atoms with Crippen LogP contribution in [0, 0.1) is 6.92 Å². The molecule has 0 aliphatic rings. The predicted molar refractivity (Wildman–Crippen MR) is 53.8 cm³/mol. The minimum Gasteiger partial charge on any atom is -0.389 e. The lowest BCUT2D eigenvalue weighted by atomic mass is 10.2. The molecule has 0 radical (unpaired) electrons. The first-order chi connectivity index (χ1) is 6.79. The fourth-order valence-electron chi connectivity index (χ4n) is 1.07. The van der Waals surface area contributed by atoms with Gasteiger partial charge in [0.25, 0.3) is 0 Å². The third-order valence-corrected chi connectivity index (χ3v) is 2.67. The monoisotopic (exact) mass is 207 g/mol. The molecule has 2 rings (SSSR count). The maximum Gasteiger partial charge on any atom is 0.166 e. The summed E-state index contributed by atoms with van der Waals surface area (Å²) in [5, 5.41) is 18.0. The highest BCUT2D eigenvalue weighted by molar-refractivity contribution is 7.14. The van der Waals surface area contributed by atoms with E-state index in [-0.39, 0.29) is 6.61 Å². The molecular formula is C9H9N3OS. The molecule has 0 spiro atoms. The molecule has 72 valence electrons. The molecule has 1 N–H and O–H groups in total. The summed E-state index contributed by atoms with van der Waals surface area (Å²) in [4.78, 5) is 4.18. The van der Waals surface area contributed by atoms with Crippen molar-refractivity contribution in [1.29, 1.82) is 0 Å². The quantitative estimate of drug-likeness (QED) is 0.808. The second-order valence-corrected chi connectivity index (χ2v) is 3.94. The Hall–Kier alpha value is -1.33. The number of hydrogen-bond donors (Lipinski definition) is 1. The second kappa shape index (κ2) is 3.81. The van der Waals surface area contributed by atoms with Gasteiger partial charge in [-0.25, -0.2) is 0 Å². The average molecular weight is 207 g/mol. The van der Waals surface area contributed by atoms with Gasteiger partial charge in [0.05, 0.1) is 6.61 Å². The molecule has 2 aromatic rings. The van der Waals surface area contributed by atoms with E-state index < -0.39 is 0 Å². The summed E-state index contributed by atoms with van der Waals surface area (Å²) in [5.41, 5.74) is 1.94. The number of aromatic nitrogens is 3. The van der Waals surface area contributed by atoms with Crippen LogP contribution in [0.1, 0.15) is 10.6 Å². The SMILES string of the molecule is Cc1ccnc(-c2nnc(CO)s2)c1. The summed E-state index contributed by atoms with van der Waals surface area (Å²) in [6.07, 6.45) is 1.74. The van der Waals surface area contributed by atoms with Crippen LogP contribution in [0.4, 0.5) is 0 Å². The fourth-order valence-corrected chi connectivity index (χ4v) is 1.74. The summed E-state index contributed by atoms with van der Waals surface area (Å²) in [5.74, 6) is 0. The topological polar surface area (TPSA) is 58.9 Å². The highest BCUT2D eigenvalue weighted by atomic mass is 32.1. The van der Waals surface area contributed by atoms with Gasteiger partial charge in [-0.1, -0.05) is 11.3 Å². The van der Waals surface area contributed by atoms with Crippen molar-refractivity contribution >= 4 is 11.3 Å². The van der Waals surface area contributed by atoms with Crippen molar-refractivity contribution in [3.05, 3.63) is 28.9 Å². The standard InChI is InChI=1S/C9H9N3OS/c1-6-2-3-10-7(4-6)9-12-11-8(5-13)14-9/h2-4,13H,5H2,1H3. The van der Waals surface area contributed by atoms with E-state index in [2.05, 4.69) is 15.2 Å². The van der Waals surface area contributed by atoms with Crippen LogP contribution in [0.5, 0.6) is 0 Å². The smallest absolute Gasteiger partial charge is 0.166 e. The molecule has 0 atom stereocenters. The van der Waals surface area contributed by atoms with Crippen molar-refractivity contribution in [2.75, 3.05) is 0 Å². The Bertz CT molecular complexity index is 441. The average Bonchev–Trinajstić information content (AvgIpc) is 2.66. The molecule has 2 aromatic heterocycles. The zero-order valence-electron chi connectivity index (χ0n) is 7.64. The lowest BCUT2D eigenvalue weighted by Crippen LogP contribution is -1.83. The third-order valence-electron chi connectivity index (χ3n) is 1.74. The van der Waals surface area contributed by atoms with Crippen LogP contribution in [0.25, 0.3) is 10.7 Å². The van der Waals surface area contributed by atoms with Crippen molar-refractivity contribution in [2.45, 2.75) is 13.5 Å². The van der Waals surface area contributed by atoms with E-state index in [1.807, 2.05) is 19.1 Å². The van der Waals surface area contributed by atoms with E-state index in [1.54, 1.807) is 6.20 Å². The highest BCUT2D eigenvalue weighted by Crippen LogP contribution is 2.21. The van der Waals surface area contributed by atoms with Crippen LogP contribution in [0.2, 0.25) is 0 Å². The van der Waals surface area contributed by atoms with Crippen molar-refractivity contribution in [2.24, 2.45) is 0 Å². The Morgan fingerprint density at radius 3 is 2.93 bits per heavy atom. The molecule has 0 aliphatic carbocycles. The maximum atomic E-state index is 8.84. The molecule has 14 heavy (non-hydrogen) atoms. The molecule has 0 saturated carbocycles. The molecule has 0 aliphatic heterocycles. The second-order valence-electron chi connectivity index (χ2n) is 2.88. The van der Waals surface area contributed by atoms with Crippen molar-refractivity contribution in [3.8, 4) is 10.7 Å². The van der Waals surface area contributed by atoms with Crippen LogP contribution >= 0.6 is 11.3 Å². The first-order valence-electron chi connectivity index (χ1n) is 4.16. The first kappa shape index (κ1) is 9.23. The van der Waals surface area contributed by atoms with Gasteiger partial charge < -0.3 is 5.11 Å². The van der Waals surface area contributed by atoms with Gasteiger partial charge in [-0.05, 0) is 24.6 Å². The van der Waals surface area contributed by atoms with E-state index in [1.165, 1.54) is 11.3 Å². The summed E-state index contributed by atoms with van der Waals surface area (Å²) in [7, 11) is 0. The fraction of sp³-hybridized carbons (Fsp3) is 0.222. The molecule has 0 amide bonds. The number of hydrogen-bond acceptors (Lipinski definition) is 5. The molecule has 0 saturated heterocycles. The van der Waals surface area contributed by atoms with E-state index in [0.29, 0.717) is 5.01 Å². The molecule has 5 heteroatoms. The molecule has 0 bridgehead atoms. The number of aliphatic hydroxyl groups is 1. The number of nitrogens with zero attached hydrogens (tertiary/aromatic N) is 3. The molecule has 0 unspecified atom stereocenters. The van der Waals surface area contributed by atoms with Gasteiger partial charge >= 0.3 is 0 Å². The lowest BCUT2D eigenvalue weighted by Gasteiger charge is -1.94. The van der Waals surface area contributed by atoms with E-state index >= 15 is 0 Å². The van der Waals surface area contributed by atoms with E-state index in [4.69, 9.17) is 5.11 Å².